The van der Waals surface area contributed by atoms with Crippen molar-refractivity contribution in [3.63, 3.8) is 0 Å². The molecule has 0 aliphatic carbocycles. The highest BCUT2D eigenvalue weighted by atomic mass is 32.2. The molecule has 226 valence electrons. The molecule has 0 radical (unpaired) electrons. The number of thioether (sulfide) groups is 1. The first kappa shape index (κ1) is 30.0. The number of ether oxygens (including phenoxy) is 1. The van der Waals surface area contributed by atoms with E-state index < -0.39 is 16.9 Å². The molecule has 0 saturated heterocycles. The molecule has 11 heteroatoms. The van der Waals surface area contributed by atoms with Crippen LogP contribution in [0.2, 0.25) is 0 Å². The fourth-order valence-electron chi connectivity index (χ4n) is 5.25. The Morgan fingerprint density at radius 2 is 1.87 bits per heavy atom. The second kappa shape index (κ2) is 12.5. The Kier molecular flexibility index (Phi) is 8.38. The molecule has 6 rings (SSSR count). The third-order valence-electron chi connectivity index (χ3n) is 7.32. The molecule has 9 nitrogen and oxygen atoms in total. The van der Waals surface area contributed by atoms with Gasteiger partial charge in [0.15, 0.2) is 4.80 Å². The highest BCUT2D eigenvalue weighted by molar-refractivity contribution is 7.98. The number of aromatic nitrogens is 1. The number of nitro groups is 1. The van der Waals surface area contributed by atoms with Gasteiger partial charge in [-0.15, -0.1) is 11.8 Å². The Labute approximate surface area is 266 Å². The number of carbonyl (C=O) groups is 1. The lowest BCUT2D eigenvalue weighted by molar-refractivity contribution is -0.384. The van der Waals surface area contributed by atoms with Gasteiger partial charge >= 0.3 is 5.97 Å². The maximum Gasteiger partial charge on any atom is 0.338 e. The molecule has 0 amide bonds. The third-order valence-corrected chi connectivity index (χ3v) is 9.05. The molecule has 0 saturated carbocycles. The molecule has 0 fully saturated rings. The van der Waals surface area contributed by atoms with E-state index in [0.717, 1.165) is 21.6 Å². The summed E-state index contributed by atoms with van der Waals surface area (Å²) in [7, 11) is 0. The molecule has 1 atom stereocenters. The summed E-state index contributed by atoms with van der Waals surface area (Å²) in [5.41, 5.74) is 2.84. The van der Waals surface area contributed by atoms with Crippen LogP contribution in [-0.4, -0.2) is 28.3 Å². The van der Waals surface area contributed by atoms with Crippen LogP contribution in [-0.2, 0) is 9.53 Å². The number of nitro benzene ring substituents is 1. The van der Waals surface area contributed by atoms with E-state index in [1.807, 2.05) is 60.9 Å². The Morgan fingerprint density at radius 1 is 1.11 bits per heavy atom. The molecular formula is C34H27N3O6S2. The van der Waals surface area contributed by atoms with Gasteiger partial charge in [-0.1, -0.05) is 59.9 Å². The van der Waals surface area contributed by atoms with Crippen LogP contribution in [0.15, 0.2) is 110 Å². The van der Waals surface area contributed by atoms with Crippen LogP contribution in [0.5, 0.6) is 0 Å². The fourth-order valence-corrected chi connectivity index (χ4v) is 6.64. The van der Waals surface area contributed by atoms with E-state index in [1.54, 1.807) is 56.0 Å². The van der Waals surface area contributed by atoms with Gasteiger partial charge in [0, 0.05) is 22.6 Å². The minimum atomic E-state index is -0.795. The lowest BCUT2D eigenvalue weighted by atomic mass is 9.93. The highest BCUT2D eigenvalue weighted by Crippen LogP contribution is 2.36. The maximum atomic E-state index is 14.1. The summed E-state index contributed by atoms with van der Waals surface area (Å²) in [6.45, 7) is 3.68. The minimum absolute atomic E-state index is 0.0669. The second-order valence-electron chi connectivity index (χ2n) is 10.2. The van der Waals surface area contributed by atoms with Gasteiger partial charge in [0.25, 0.3) is 11.2 Å². The molecular weight excluding hydrogens is 611 g/mol. The van der Waals surface area contributed by atoms with Gasteiger partial charge in [-0.3, -0.25) is 19.5 Å². The van der Waals surface area contributed by atoms with E-state index in [9.17, 15) is 19.7 Å². The van der Waals surface area contributed by atoms with Gasteiger partial charge in [-0.05, 0) is 61.6 Å². The molecule has 2 aromatic heterocycles. The van der Waals surface area contributed by atoms with Gasteiger partial charge < -0.3 is 9.15 Å². The summed E-state index contributed by atoms with van der Waals surface area (Å²) in [6, 6.07) is 24.5. The van der Waals surface area contributed by atoms with E-state index >= 15 is 0 Å². The number of carbonyl (C=O) groups excluding carboxylic acids is 1. The van der Waals surface area contributed by atoms with Crippen molar-refractivity contribution < 1.29 is 18.9 Å². The summed E-state index contributed by atoms with van der Waals surface area (Å²) >= 11 is 2.77. The highest BCUT2D eigenvalue weighted by Gasteiger charge is 2.35. The summed E-state index contributed by atoms with van der Waals surface area (Å²) in [4.78, 5) is 45.3. The van der Waals surface area contributed by atoms with Crippen LogP contribution >= 0.6 is 23.1 Å². The molecule has 0 bridgehead atoms. The number of fused-ring (bicyclic) bond motifs is 1. The number of rotatable bonds is 8. The van der Waals surface area contributed by atoms with Crippen LogP contribution in [0.4, 0.5) is 5.69 Å². The SMILES string of the molecule is CCOC(=O)C1=C(c2ccccc2)N=c2s/c(=C\c3ccc(-c4ccc(C)cc4[N+](=O)[O-])o3)c(=O)n2C1c1ccc(SC)cc1. The summed E-state index contributed by atoms with van der Waals surface area (Å²) in [5, 5.41) is 11.7. The van der Waals surface area contributed by atoms with E-state index in [1.165, 1.54) is 22.0 Å². The number of benzene rings is 3. The fraction of sp³-hybridized carbons (Fsp3) is 0.147. The lowest BCUT2D eigenvalue weighted by Crippen LogP contribution is -2.40. The predicted molar refractivity (Wildman–Crippen MR) is 175 cm³/mol. The average molecular weight is 638 g/mol. The number of esters is 1. The Balaban J connectivity index is 1.55. The smallest absolute Gasteiger partial charge is 0.338 e. The molecule has 1 aliphatic heterocycles. The zero-order valence-corrected chi connectivity index (χ0v) is 26.2. The number of hydrogen-bond acceptors (Lipinski definition) is 9. The lowest BCUT2D eigenvalue weighted by Gasteiger charge is -2.26. The van der Waals surface area contributed by atoms with Crippen molar-refractivity contribution in [1.29, 1.82) is 0 Å². The van der Waals surface area contributed by atoms with E-state index in [2.05, 4.69) is 0 Å². The number of nitrogens with zero attached hydrogens (tertiary/aromatic N) is 3. The van der Waals surface area contributed by atoms with Gasteiger partial charge in [-0.2, -0.15) is 0 Å². The molecule has 0 spiro atoms. The Morgan fingerprint density at radius 3 is 2.56 bits per heavy atom. The largest absolute Gasteiger partial charge is 0.463 e. The van der Waals surface area contributed by atoms with Gasteiger partial charge in [0.1, 0.15) is 11.5 Å². The molecule has 1 aliphatic rings. The van der Waals surface area contributed by atoms with Crippen molar-refractivity contribution in [2.75, 3.05) is 12.9 Å². The molecule has 45 heavy (non-hydrogen) atoms. The number of thiazole rings is 1. The van der Waals surface area contributed by atoms with Crippen molar-refractivity contribution in [1.82, 2.24) is 4.57 Å². The first-order valence-electron chi connectivity index (χ1n) is 14.1. The van der Waals surface area contributed by atoms with Gasteiger partial charge in [-0.25, -0.2) is 9.79 Å². The average Bonchev–Trinajstić information content (AvgIpc) is 3.64. The number of furan rings is 1. The van der Waals surface area contributed by atoms with Crippen LogP contribution in [0.3, 0.4) is 0 Å². The van der Waals surface area contributed by atoms with Crippen molar-refractivity contribution in [2.45, 2.75) is 24.8 Å². The quantitative estimate of drug-likeness (QED) is 0.0869. The van der Waals surface area contributed by atoms with E-state index in [-0.39, 0.29) is 23.4 Å². The zero-order valence-electron chi connectivity index (χ0n) is 24.6. The molecule has 0 N–H and O–H groups in total. The Bertz CT molecular complexity index is 2140. The first-order valence-corrected chi connectivity index (χ1v) is 16.1. The van der Waals surface area contributed by atoms with Crippen molar-refractivity contribution in [3.05, 3.63) is 143 Å². The monoisotopic (exact) mass is 637 g/mol. The van der Waals surface area contributed by atoms with Crippen molar-refractivity contribution in [3.8, 4) is 11.3 Å². The van der Waals surface area contributed by atoms with Crippen LogP contribution in [0, 0.1) is 17.0 Å². The van der Waals surface area contributed by atoms with Gasteiger partial charge in [0.05, 0.1) is 38.9 Å². The first-order chi connectivity index (χ1) is 21.8. The zero-order chi connectivity index (χ0) is 31.7. The molecule has 3 aromatic carbocycles. The topological polar surface area (TPSA) is 117 Å². The summed E-state index contributed by atoms with van der Waals surface area (Å²) < 4.78 is 13.4. The maximum absolute atomic E-state index is 14.1. The van der Waals surface area contributed by atoms with Crippen LogP contribution < -0.4 is 14.9 Å². The molecule has 3 heterocycles. The predicted octanol–water partition coefficient (Wildman–Crippen LogP) is 6.13. The normalized spacial score (nSPS) is 14.6. The van der Waals surface area contributed by atoms with Gasteiger partial charge in [0.2, 0.25) is 0 Å². The number of aryl methyl sites for hydroxylation is 1. The van der Waals surface area contributed by atoms with Crippen molar-refractivity contribution >= 4 is 46.5 Å². The second-order valence-corrected chi connectivity index (χ2v) is 12.1. The summed E-state index contributed by atoms with van der Waals surface area (Å²) in [5.74, 6) is 0.103. The number of hydrogen-bond donors (Lipinski definition) is 0. The van der Waals surface area contributed by atoms with Crippen LogP contribution in [0.25, 0.3) is 23.1 Å². The van der Waals surface area contributed by atoms with Crippen LogP contribution in [0.1, 0.15) is 35.4 Å². The van der Waals surface area contributed by atoms with E-state index in [0.29, 0.717) is 32.1 Å². The van der Waals surface area contributed by atoms with Crippen molar-refractivity contribution in [2.24, 2.45) is 4.99 Å². The van der Waals surface area contributed by atoms with E-state index in [4.69, 9.17) is 14.1 Å². The standard InChI is InChI=1S/C34H27N3O6S2/c1-4-42-33(39)29-30(21-8-6-5-7-9-21)35-34-36(31(29)22-11-14-24(44-3)15-12-22)32(38)28(45-34)19-23-13-17-27(43-23)25-16-10-20(2)18-26(25)37(40)41/h5-19,31H,4H2,1-3H3/b28-19-. The minimum Gasteiger partial charge on any atom is -0.463 e. The Hall–Kier alpha value is -5.00. The molecule has 1 unspecified atom stereocenters. The molecule has 5 aromatic rings. The summed E-state index contributed by atoms with van der Waals surface area (Å²) in [6.07, 6.45) is 3.57. The third kappa shape index (κ3) is 5.79.